The Morgan fingerprint density at radius 3 is 2.70 bits per heavy atom. The van der Waals surface area contributed by atoms with Crippen LogP contribution in [0.3, 0.4) is 0 Å². The Morgan fingerprint density at radius 1 is 1.40 bits per heavy atom. The molecule has 2 saturated heterocycles. The Kier molecular flexibility index (Phi) is 4.12. The number of hydrogen-bond donors (Lipinski definition) is 1. The van der Waals surface area contributed by atoms with E-state index < -0.39 is 6.04 Å². The van der Waals surface area contributed by atoms with Crippen LogP contribution >= 0.6 is 0 Å². The number of hydrogen-bond acceptors (Lipinski definition) is 4. The van der Waals surface area contributed by atoms with Gasteiger partial charge in [0.15, 0.2) is 0 Å². The van der Waals surface area contributed by atoms with Gasteiger partial charge in [0.2, 0.25) is 11.8 Å². The molecule has 2 fully saturated rings. The highest BCUT2D eigenvalue weighted by molar-refractivity contribution is 5.91. The van der Waals surface area contributed by atoms with E-state index in [9.17, 15) is 14.4 Å². The van der Waals surface area contributed by atoms with Crippen molar-refractivity contribution in [1.82, 2.24) is 20.2 Å². The minimum Gasteiger partial charge on any atom is -0.347 e. The van der Waals surface area contributed by atoms with Crippen molar-refractivity contribution >= 4 is 17.8 Å². The highest BCUT2D eigenvalue weighted by Crippen LogP contribution is 2.29. The minimum absolute atomic E-state index is 0.0138. The summed E-state index contributed by atoms with van der Waals surface area (Å²) in [7, 11) is 4.70. The summed E-state index contributed by atoms with van der Waals surface area (Å²) in [6, 6.07) is -0.789. The van der Waals surface area contributed by atoms with Gasteiger partial charge in [-0.25, -0.2) is 4.79 Å². The molecule has 0 unspecified atom stereocenters. The normalized spacial score (nSPS) is 24.9. The van der Waals surface area contributed by atoms with Gasteiger partial charge in [-0.2, -0.15) is 5.06 Å². The third-order valence-electron chi connectivity index (χ3n) is 3.73. The summed E-state index contributed by atoms with van der Waals surface area (Å²) in [6.07, 6.45) is 1.30. The quantitative estimate of drug-likeness (QED) is 0.719. The number of carbonyl (C=O) groups is 3. The van der Waals surface area contributed by atoms with E-state index in [2.05, 4.69) is 5.32 Å². The van der Waals surface area contributed by atoms with Crippen LogP contribution < -0.4 is 5.32 Å². The number of amides is 4. The standard InChI is InChI=1S/C12H20N4O4/c1-14(2)10(17)6-13-11(18)9-5-4-8-7-15(9)12(19)16(8)20-3/h8-9H,4-7H2,1-3H3,(H,13,18)/t8-,9+/m1/s1. The first kappa shape index (κ1) is 14.6. The van der Waals surface area contributed by atoms with Gasteiger partial charge in [-0.15, -0.1) is 0 Å². The monoisotopic (exact) mass is 284 g/mol. The first-order chi connectivity index (χ1) is 9.45. The average molecular weight is 284 g/mol. The van der Waals surface area contributed by atoms with Gasteiger partial charge in [-0.1, -0.05) is 0 Å². The molecule has 2 heterocycles. The molecule has 4 amide bonds. The van der Waals surface area contributed by atoms with Gasteiger partial charge in [0.1, 0.15) is 6.04 Å². The number of hydroxylamine groups is 2. The first-order valence-corrected chi connectivity index (χ1v) is 6.57. The van der Waals surface area contributed by atoms with Crippen LogP contribution in [-0.2, 0) is 14.4 Å². The number of carbonyl (C=O) groups excluding carboxylic acids is 3. The van der Waals surface area contributed by atoms with E-state index in [0.717, 1.165) is 6.42 Å². The summed E-state index contributed by atoms with van der Waals surface area (Å²) in [4.78, 5) is 43.6. The molecule has 8 nitrogen and oxygen atoms in total. The Bertz CT molecular complexity index is 426. The maximum Gasteiger partial charge on any atom is 0.345 e. The van der Waals surface area contributed by atoms with Gasteiger partial charge in [0, 0.05) is 20.6 Å². The van der Waals surface area contributed by atoms with Crippen molar-refractivity contribution in [1.29, 1.82) is 0 Å². The zero-order chi connectivity index (χ0) is 14.9. The van der Waals surface area contributed by atoms with Crippen LogP contribution in [-0.4, -0.2) is 79.1 Å². The highest BCUT2D eigenvalue weighted by Gasteiger charge is 2.47. The van der Waals surface area contributed by atoms with Crippen molar-refractivity contribution in [2.75, 3.05) is 34.3 Å². The lowest BCUT2D eigenvalue weighted by Crippen LogP contribution is -2.51. The summed E-state index contributed by atoms with van der Waals surface area (Å²) in [5.74, 6) is -0.469. The highest BCUT2D eigenvalue weighted by atomic mass is 16.7. The van der Waals surface area contributed by atoms with E-state index in [-0.39, 0.29) is 30.4 Å². The van der Waals surface area contributed by atoms with E-state index in [4.69, 9.17) is 4.84 Å². The molecule has 0 spiro atoms. The summed E-state index contributed by atoms with van der Waals surface area (Å²) in [5, 5.41) is 3.90. The molecular weight excluding hydrogens is 264 g/mol. The largest absolute Gasteiger partial charge is 0.347 e. The lowest BCUT2D eigenvalue weighted by atomic mass is 10.0. The Hall–Kier alpha value is -1.83. The molecule has 2 atom stereocenters. The second kappa shape index (κ2) is 5.66. The molecule has 20 heavy (non-hydrogen) atoms. The lowest BCUT2D eigenvalue weighted by molar-refractivity contribution is -0.132. The topological polar surface area (TPSA) is 82.2 Å². The van der Waals surface area contributed by atoms with Crippen LogP contribution in [0.25, 0.3) is 0 Å². The first-order valence-electron chi connectivity index (χ1n) is 6.57. The second-order valence-corrected chi connectivity index (χ2v) is 5.20. The van der Waals surface area contributed by atoms with Crippen molar-refractivity contribution in [3.8, 4) is 0 Å². The van der Waals surface area contributed by atoms with Crippen molar-refractivity contribution < 1.29 is 19.2 Å². The molecule has 2 rings (SSSR count). The summed E-state index contributed by atoms with van der Waals surface area (Å²) < 4.78 is 0. The van der Waals surface area contributed by atoms with Gasteiger partial charge in [-0.3, -0.25) is 14.4 Å². The van der Waals surface area contributed by atoms with Gasteiger partial charge in [0.05, 0.1) is 19.7 Å². The van der Waals surface area contributed by atoms with Crippen molar-refractivity contribution in [2.24, 2.45) is 0 Å². The number of nitrogens with zero attached hydrogens (tertiary/aromatic N) is 3. The molecule has 0 aliphatic carbocycles. The molecule has 112 valence electrons. The van der Waals surface area contributed by atoms with Crippen LogP contribution in [0.2, 0.25) is 0 Å². The second-order valence-electron chi connectivity index (χ2n) is 5.20. The number of piperidine rings is 1. The van der Waals surface area contributed by atoms with E-state index >= 15 is 0 Å². The fourth-order valence-corrected chi connectivity index (χ4v) is 2.58. The van der Waals surface area contributed by atoms with Gasteiger partial charge in [-0.05, 0) is 12.8 Å². The number of urea groups is 1. The molecule has 0 aromatic carbocycles. The van der Waals surface area contributed by atoms with E-state index in [0.29, 0.717) is 13.0 Å². The van der Waals surface area contributed by atoms with E-state index in [1.807, 2.05) is 0 Å². The number of rotatable bonds is 4. The molecule has 2 aliphatic heterocycles. The van der Waals surface area contributed by atoms with Crippen molar-refractivity contribution in [2.45, 2.75) is 24.9 Å². The summed E-state index contributed by atoms with van der Waals surface area (Å²) in [6.45, 7) is 0.439. The predicted octanol–water partition coefficient (Wildman–Crippen LogP) is -0.979. The van der Waals surface area contributed by atoms with Gasteiger partial charge < -0.3 is 15.1 Å². The van der Waals surface area contributed by atoms with Gasteiger partial charge in [0.25, 0.3) is 0 Å². The fraction of sp³-hybridized carbons (Fsp3) is 0.750. The Balaban J connectivity index is 1.95. The average Bonchev–Trinajstić information content (AvgIpc) is 2.67. The predicted molar refractivity (Wildman–Crippen MR) is 69.5 cm³/mol. The zero-order valence-electron chi connectivity index (χ0n) is 12.0. The van der Waals surface area contributed by atoms with Gasteiger partial charge >= 0.3 is 6.03 Å². The maximum absolute atomic E-state index is 12.1. The Labute approximate surface area is 117 Å². The number of nitrogens with one attached hydrogen (secondary N) is 1. The smallest absolute Gasteiger partial charge is 0.345 e. The number of fused-ring (bicyclic) bond motifs is 2. The fourth-order valence-electron chi connectivity index (χ4n) is 2.58. The third kappa shape index (κ3) is 2.55. The molecule has 0 saturated carbocycles. The van der Waals surface area contributed by atoms with E-state index in [1.165, 1.54) is 22.0 Å². The molecular formula is C12H20N4O4. The summed E-state index contributed by atoms with van der Waals surface area (Å²) in [5.41, 5.74) is 0. The third-order valence-corrected chi connectivity index (χ3v) is 3.73. The van der Waals surface area contributed by atoms with Crippen molar-refractivity contribution in [3.63, 3.8) is 0 Å². The molecule has 0 aromatic rings. The molecule has 2 aliphatic rings. The van der Waals surface area contributed by atoms with Crippen LogP contribution in [0.5, 0.6) is 0 Å². The molecule has 2 bridgehead atoms. The molecule has 0 radical (unpaired) electrons. The Morgan fingerprint density at radius 2 is 2.10 bits per heavy atom. The van der Waals surface area contributed by atoms with Crippen LogP contribution in [0.4, 0.5) is 4.79 Å². The minimum atomic E-state index is -0.520. The van der Waals surface area contributed by atoms with Crippen LogP contribution in [0.1, 0.15) is 12.8 Å². The van der Waals surface area contributed by atoms with Crippen molar-refractivity contribution in [3.05, 3.63) is 0 Å². The SMILES string of the molecule is CON1C(=O)N2C[C@H]1CC[C@H]2C(=O)NCC(=O)N(C)C. The lowest BCUT2D eigenvalue weighted by Gasteiger charge is -2.29. The molecule has 8 heteroatoms. The molecule has 1 N–H and O–H groups in total. The molecule has 0 aromatic heterocycles. The maximum atomic E-state index is 12.1. The van der Waals surface area contributed by atoms with Crippen LogP contribution in [0.15, 0.2) is 0 Å². The summed E-state index contributed by atoms with van der Waals surface area (Å²) >= 11 is 0. The zero-order valence-corrected chi connectivity index (χ0v) is 12.0. The van der Waals surface area contributed by atoms with Crippen LogP contribution in [0, 0.1) is 0 Å². The number of likely N-dealkylation sites (N-methyl/N-ethyl adjacent to an activating group) is 1. The van der Waals surface area contributed by atoms with E-state index in [1.54, 1.807) is 14.1 Å².